The third-order valence-electron chi connectivity index (χ3n) is 5.61. The number of nitrogens with one attached hydrogen (secondary N) is 1. The predicted octanol–water partition coefficient (Wildman–Crippen LogP) is 5.13. The van der Waals surface area contributed by atoms with Gasteiger partial charge in [0.05, 0.1) is 16.9 Å². The Labute approximate surface area is 175 Å². The number of carboxylic acid groups (broad SMARTS) is 1. The van der Waals surface area contributed by atoms with Crippen molar-refractivity contribution in [1.82, 2.24) is 4.98 Å². The van der Waals surface area contributed by atoms with E-state index < -0.39 is 5.97 Å². The molecular weight excluding hydrogens is 376 g/mol. The van der Waals surface area contributed by atoms with Crippen LogP contribution in [0.4, 0.5) is 5.69 Å². The highest BCUT2D eigenvalue weighted by Crippen LogP contribution is 2.43. The molecule has 30 heavy (non-hydrogen) atoms. The van der Waals surface area contributed by atoms with Crippen LogP contribution in [-0.2, 0) is 10.2 Å². The van der Waals surface area contributed by atoms with Crippen LogP contribution >= 0.6 is 0 Å². The molecule has 1 aromatic heterocycles. The number of fused-ring (bicyclic) bond motifs is 1. The van der Waals surface area contributed by atoms with E-state index >= 15 is 0 Å². The first kappa shape index (κ1) is 19.6. The summed E-state index contributed by atoms with van der Waals surface area (Å²) in [6.07, 6.45) is 5.40. The third kappa shape index (κ3) is 3.39. The van der Waals surface area contributed by atoms with Crippen molar-refractivity contribution in [1.29, 1.82) is 0 Å². The van der Waals surface area contributed by atoms with Crippen molar-refractivity contribution in [3.8, 4) is 11.1 Å². The maximum atomic E-state index is 11.7. The third-order valence-corrected chi connectivity index (χ3v) is 5.61. The van der Waals surface area contributed by atoms with E-state index in [0.29, 0.717) is 17.7 Å². The van der Waals surface area contributed by atoms with Gasteiger partial charge in [0.1, 0.15) is 0 Å². The fraction of sp³-hybridized carbons (Fsp3) is 0.160. The first-order valence-corrected chi connectivity index (χ1v) is 9.76. The van der Waals surface area contributed by atoms with E-state index in [0.717, 1.165) is 28.8 Å². The number of benzene rings is 2. The number of rotatable bonds is 5. The molecule has 150 valence electrons. The van der Waals surface area contributed by atoms with Crippen molar-refractivity contribution in [2.45, 2.75) is 25.7 Å². The molecule has 0 atom stereocenters. The second-order valence-corrected chi connectivity index (χ2v) is 7.98. The zero-order chi connectivity index (χ0) is 21.3. The second kappa shape index (κ2) is 7.59. The van der Waals surface area contributed by atoms with Crippen molar-refractivity contribution < 1.29 is 14.7 Å². The summed E-state index contributed by atoms with van der Waals surface area (Å²) in [5.41, 5.74) is 6.06. The summed E-state index contributed by atoms with van der Waals surface area (Å²) < 4.78 is 0. The van der Waals surface area contributed by atoms with Gasteiger partial charge in [-0.25, -0.2) is 4.79 Å². The standard InChI is InChI=1S/C25H22N2O3/c1-25(2)12-11-18(22-8-3-4-13-26-22)20-14-16(9-10-21(20)25)17-6-5-7-19(24(29)30)23(17)27-15-28/h3-11,13-15H,12H2,1-2H3,(H,27,28)(H,29,30). The van der Waals surface area contributed by atoms with E-state index in [1.807, 2.05) is 30.3 Å². The predicted molar refractivity (Wildman–Crippen MR) is 117 cm³/mol. The number of allylic oxidation sites excluding steroid dienone is 1. The molecule has 1 heterocycles. The Bertz CT molecular complexity index is 1160. The van der Waals surface area contributed by atoms with Crippen LogP contribution in [0.5, 0.6) is 0 Å². The number of aromatic nitrogens is 1. The summed E-state index contributed by atoms with van der Waals surface area (Å²) in [6, 6.07) is 17.0. The summed E-state index contributed by atoms with van der Waals surface area (Å²) in [5.74, 6) is -1.09. The molecule has 0 saturated heterocycles. The molecule has 0 aliphatic heterocycles. The molecular formula is C25H22N2O3. The number of nitrogens with zero attached hydrogens (tertiary/aromatic N) is 1. The average Bonchev–Trinajstić information content (AvgIpc) is 2.74. The van der Waals surface area contributed by atoms with Gasteiger partial charge in [-0.3, -0.25) is 9.78 Å². The maximum absolute atomic E-state index is 11.7. The molecule has 1 aliphatic rings. The van der Waals surface area contributed by atoms with E-state index in [1.54, 1.807) is 12.3 Å². The lowest BCUT2D eigenvalue weighted by molar-refractivity contribution is -0.105. The van der Waals surface area contributed by atoms with Crippen LogP contribution in [0.1, 0.15) is 47.4 Å². The summed E-state index contributed by atoms with van der Waals surface area (Å²) in [7, 11) is 0. The smallest absolute Gasteiger partial charge is 0.337 e. The molecule has 4 rings (SSSR count). The van der Waals surface area contributed by atoms with E-state index in [1.165, 1.54) is 11.6 Å². The lowest BCUT2D eigenvalue weighted by Gasteiger charge is -2.32. The number of carboxylic acids is 1. The average molecular weight is 398 g/mol. The fourth-order valence-electron chi connectivity index (χ4n) is 4.05. The Morgan fingerprint density at radius 2 is 1.93 bits per heavy atom. The molecule has 1 amide bonds. The SMILES string of the molecule is CC1(C)CC=C(c2ccccn2)c2cc(-c3cccc(C(=O)O)c3NC=O)ccc21. The minimum atomic E-state index is -1.09. The quantitative estimate of drug-likeness (QED) is 0.584. The molecule has 2 aromatic carbocycles. The molecule has 0 saturated carbocycles. The number of hydrogen-bond donors (Lipinski definition) is 2. The number of carbonyl (C=O) groups excluding carboxylic acids is 1. The van der Waals surface area contributed by atoms with E-state index in [9.17, 15) is 14.7 Å². The molecule has 5 nitrogen and oxygen atoms in total. The number of amides is 1. The Morgan fingerprint density at radius 3 is 2.63 bits per heavy atom. The summed E-state index contributed by atoms with van der Waals surface area (Å²) in [6.45, 7) is 4.42. The molecule has 5 heteroatoms. The number of carbonyl (C=O) groups is 2. The zero-order valence-electron chi connectivity index (χ0n) is 16.8. The van der Waals surface area contributed by atoms with E-state index in [4.69, 9.17) is 0 Å². The monoisotopic (exact) mass is 398 g/mol. The van der Waals surface area contributed by atoms with Crippen molar-refractivity contribution in [3.63, 3.8) is 0 Å². The Kier molecular flexibility index (Phi) is 4.96. The first-order chi connectivity index (χ1) is 14.4. The van der Waals surface area contributed by atoms with Gasteiger partial charge in [0.15, 0.2) is 0 Å². The van der Waals surface area contributed by atoms with Crippen molar-refractivity contribution in [3.05, 3.63) is 89.3 Å². The molecule has 0 bridgehead atoms. The van der Waals surface area contributed by atoms with Crippen LogP contribution < -0.4 is 5.32 Å². The van der Waals surface area contributed by atoms with Crippen LogP contribution in [0.25, 0.3) is 16.7 Å². The van der Waals surface area contributed by atoms with Gasteiger partial charge in [-0.2, -0.15) is 0 Å². The van der Waals surface area contributed by atoms with Crippen LogP contribution in [-0.4, -0.2) is 22.5 Å². The molecule has 0 unspecified atom stereocenters. The minimum absolute atomic E-state index is 0.0288. The summed E-state index contributed by atoms with van der Waals surface area (Å²) in [5, 5.41) is 12.1. The second-order valence-electron chi connectivity index (χ2n) is 7.98. The van der Waals surface area contributed by atoms with Gasteiger partial charge in [-0.05, 0) is 52.8 Å². The summed E-state index contributed by atoms with van der Waals surface area (Å²) >= 11 is 0. The zero-order valence-corrected chi connectivity index (χ0v) is 16.8. The van der Waals surface area contributed by atoms with Gasteiger partial charge >= 0.3 is 5.97 Å². The highest BCUT2D eigenvalue weighted by atomic mass is 16.4. The molecule has 2 N–H and O–H groups in total. The van der Waals surface area contributed by atoms with Gasteiger partial charge in [-0.1, -0.05) is 50.3 Å². The van der Waals surface area contributed by atoms with Gasteiger partial charge < -0.3 is 10.4 Å². The van der Waals surface area contributed by atoms with Crippen molar-refractivity contribution >= 4 is 23.6 Å². The van der Waals surface area contributed by atoms with Gasteiger partial charge in [-0.15, -0.1) is 0 Å². The Balaban J connectivity index is 1.93. The number of anilines is 1. The minimum Gasteiger partial charge on any atom is -0.478 e. The Morgan fingerprint density at radius 1 is 1.10 bits per heavy atom. The topological polar surface area (TPSA) is 79.3 Å². The fourth-order valence-corrected chi connectivity index (χ4v) is 4.05. The lowest BCUT2D eigenvalue weighted by atomic mass is 9.72. The number of para-hydroxylation sites is 1. The van der Waals surface area contributed by atoms with Crippen LogP contribution in [0.2, 0.25) is 0 Å². The van der Waals surface area contributed by atoms with E-state index in [-0.39, 0.29) is 11.0 Å². The maximum Gasteiger partial charge on any atom is 0.337 e. The van der Waals surface area contributed by atoms with Crippen LogP contribution in [0.3, 0.4) is 0 Å². The molecule has 0 radical (unpaired) electrons. The molecule has 1 aliphatic carbocycles. The Hall–Kier alpha value is -3.73. The number of pyridine rings is 1. The molecule has 0 fully saturated rings. The molecule has 3 aromatic rings. The number of aromatic carboxylic acids is 1. The molecule has 0 spiro atoms. The van der Waals surface area contributed by atoms with Gasteiger partial charge in [0.2, 0.25) is 6.41 Å². The van der Waals surface area contributed by atoms with Gasteiger partial charge in [0.25, 0.3) is 0 Å². The van der Waals surface area contributed by atoms with Crippen LogP contribution in [0, 0.1) is 0 Å². The largest absolute Gasteiger partial charge is 0.478 e. The van der Waals surface area contributed by atoms with Crippen molar-refractivity contribution in [2.24, 2.45) is 0 Å². The normalized spacial score (nSPS) is 14.4. The first-order valence-electron chi connectivity index (χ1n) is 9.76. The van der Waals surface area contributed by atoms with E-state index in [2.05, 4.69) is 42.4 Å². The number of hydrogen-bond acceptors (Lipinski definition) is 3. The summed E-state index contributed by atoms with van der Waals surface area (Å²) in [4.78, 5) is 27.4. The van der Waals surface area contributed by atoms with Crippen LogP contribution in [0.15, 0.2) is 66.9 Å². The highest BCUT2D eigenvalue weighted by Gasteiger charge is 2.29. The lowest BCUT2D eigenvalue weighted by Crippen LogP contribution is -2.22. The van der Waals surface area contributed by atoms with Crippen molar-refractivity contribution in [2.75, 3.05) is 5.32 Å². The highest BCUT2D eigenvalue weighted by molar-refractivity contribution is 6.02. The van der Waals surface area contributed by atoms with Gasteiger partial charge in [0, 0.05) is 17.3 Å².